The molecule has 0 radical (unpaired) electrons. The molecule has 1 nitrogen and oxygen atoms in total. The molecular formula is C33H64ClN. The van der Waals surface area contributed by atoms with Crippen LogP contribution in [0.25, 0.3) is 0 Å². The molecule has 0 saturated heterocycles. The summed E-state index contributed by atoms with van der Waals surface area (Å²) in [6.45, 7) is 34.4. The maximum Gasteiger partial charge on any atom is 0.0435 e. The summed E-state index contributed by atoms with van der Waals surface area (Å²) in [7, 11) is 0. The molecule has 1 N–H and O–H groups in total. The van der Waals surface area contributed by atoms with Crippen molar-refractivity contribution < 1.29 is 0 Å². The van der Waals surface area contributed by atoms with Gasteiger partial charge in [-0.2, -0.15) is 0 Å². The molecule has 0 aromatic heterocycles. The van der Waals surface area contributed by atoms with E-state index in [0.717, 1.165) is 22.7 Å². The van der Waals surface area contributed by atoms with Crippen molar-refractivity contribution >= 4 is 11.6 Å². The van der Waals surface area contributed by atoms with Crippen LogP contribution >= 0.6 is 11.6 Å². The number of dihydropyridines is 1. The van der Waals surface area contributed by atoms with Crippen LogP contribution in [0.5, 0.6) is 0 Å². The highest BCUT2D eigenvalue weighted by Gasteiger charge is 1.95. The summed E-state index contributed by atoms with van der Waals surface area (Å²) in [5.41, 5.74) is 4.67. The first-order chi connectivity index (χ1) is 16.9. The molecule has 0 saturated carbocycles. The van der Waals surface area contributed by atoms with Crippen LogP contribution in [-0.2, 0) is 6.42 Å². The predicted molar refractivity (Wildman–Crippen MR) is 172 cm³/mol. The van der Waals surface area contributed by atoms with Crippen molar-refractivity contribution in [1.82, 2.24) is 5.32 Å². The Morgan fingerprint density at radius 1 is 0.857 bits per heavy atom. The molecule has 1 aliphatic rings. The van der Waals surface area contributed by atoms with Gasteiger partial charge >= 0.3 is 0 Å². The number of hydrogen-bond acceptors (Lipinski definition) is 1. The van der Waals surface area contributed by atoms with E-state index in [1.807, 2.05) is 101 Å². The lowest BCUT2D eigenvalue weighted by molar-refractivity contribution is 0.886. The first-order valence-corrected chi connectivity index (χ1v) is 14.4. The van der Waals surface area contributed by atoms with Crippen LogP contribution < -0.4 is 5.32 Å². The lowest BCUT2D eigenvalue weighted by Crippen LogP contribution is -2.04. The topological polar surface area (TPSA) is 12.0 Å². The van der Waals surface area contributed by atoms with E-state index in [1.54, 1.807) is 0 Å². The zero-order chi connectivity index (χ0) is 29.1. The normalized spacial score (nSPS) is 9.83. The standard InChI is InChI=1S/C11H13Cl.C7H9N.C4H10.C3H8.4C2H6/c1-3-4-5-10-6-7-11(12)9(2)8-10;1-6-3-4-8-7(2)5-6;1-3-4-2;1-3-2;4*1-2/h3-4,6-8H,5H2,1-2H3;3-5,8H,2H2,1H3;3-4H2,1-2H3;3H2,1-2H3;4*1-2H3/b4-3+;;;;;;;. The zero-order valence-electron chi connectivity index (χ0n) is 26.5. The molecule has 1 aromatic rings. The van der Waals surface area contributed by atoms with E-state index in [1.165, 1.54) is 30.4 Å². The van der Waals surface area contributed by atoms with Crippen molar-refractivity contribution in [2.24, 2.45) is 0 Å². The fraction of sp³-hybridized carbons (Fsp3) is 0.576. The van der Waals surface area contributed by atoms with Crippen molar-refractivity contribution in [2.75, 3.05) is 0 Å². The minimum Gasteiger partial charge on any atom is -0.362 e. The van der Waals surface area contributed by atoms with E-state index in [9.17, 15) is 0 Å². The summed E-state index contributed by atoms with van der Waals surface area (Å²) >= 11 is 5.90. The van der Waals surface area contributed by atoms with Crippen LogP contribution in [0.4, 0.5) is 0 Å². The minimum atomic E-state index is 0.847. The van der Waals surface area contributed by atoms with Gasteiger partial charge in [0, 0.05) is 16.9 Å². The minimum absolute atomic E-state index is 0.847. The van der Waals surface area contributed by atoms with Gasteiger partial charge in [-0.3, -0.25) is 0 Å². The Morgan fingerprint density at radius 3 is 1.60 bits per heavy atom. The Balaban J connectivity index is -0.0000000796. The Labute approximate surface area is 228 Å². The molecule has 0 bridgehead atoms. The second-order valence-electron chi connectivity index (χ2n) is 6.46. The number of halogens is 1. The van der Waals surface area contributed by atoms with Crippen LogP contribution in [-0.4, -0.2) is 0 Å². The fourth-order valence-corrected chi connectivity index (χ4v) is 1.85. The van der Waals surface area contributed by atoms with Gasteiger partial charge in [-0.25, -0.2) is 0 Å². The quantitative estimate of drug-likeness (QED) is 0.399. The van der Waals surface area contributed by atoms with E-state index in [4.69, 9.17) is 11.6 Å². The van der Waals surface area contributed by atoms with Crippen molar-refractivity contribution in [3.63, 3.8) is 0 Å². The SMILES string of the molecule is C/C=C/Cc1ccc(Cl)c(C)c1.C=C1C=C(C)C=CN1.CC.CC.CC.CC.CCC.CCCC. The predicted octanol–water partition coefficient (Wildman–Crippen LogP) is 12.7. The third-order valence-electron chi connectivity index (χ3n) is 3.33. The fourth-order valence-electron chi connectivity index (χ4n) is 1.73. The second-order valence-corrected chi connectivity index (χ2v) is 6.86. The maximum atomic E-state index is 5.90. The first-order valence-electron chi connectivity index (χ1n) is 14.0. The Bertz CT molecular complexity index is 593. The van der Waals surface area contributed by atoms with Crippen LogP contribution in [0.1, 0.15) is 127 Å². The van der Waals surface area contributed by atoms with Gasteiger partial charge in [-0.1, -0.05) is 145 Å². The molecule has 0 fully saturated rings. The van der Waals surface area contributed by atoms with Gasteiger partial charge in [0.15, 0.2) is 0 Å². The number of rotatable bonds is 3. The molecule has 0 spiro atoms. The molecule has 1 heterocycles. The van der Waals surface area contributed by atoms with E-state index in [0.29, 0.717) is 0 Å². The molecule has 0 atom stereocenters. The highest BCUT2D eigenvalue weighted by Crippen LogP contribution is 2.16. The number of aryl methyl sites for hydroxylation is 1. The summed E-state index contributed by atoms with van der Waals surface area (Å²) in [4.78, 5) is 0. The summed E-state index contributed by atoms with van der Waals surface area (Å²) in [5, 5.41) is 3.81. The summed E-state index contributed by atoms with van der Waals surface area (Å²) in [6, 6.07) is 6.15. The number of hydrogen-bond donors (Lipinski definition) is 1. The lowest BCUT2D eigenvalue weighted by atomic mass is 10.1. The van der Waals surface area contributed by atoms with Gasteiger partial charge in [0.1, 0.15) is 0 Å². The summed E-state index contributed by atoms with van der Waals surface area (Å²) < 4.78 is 0. The Kier molecular flexibility index (Phi) is 60.9. The second kappa shape index (κ2) is 45.7. The van der Waals surface area contributed by atoms with Crippen molar-refractivity contribution in [1.29, 1.82) is 0 Å². The van der Waals surface area contributed by atoms with Crippen molar-refractivity contribution in [3.05, 3.63) is 82.7 Å². The molecule has 2 rings (SSSR count). The van der Waals surface area contributed by atoms with Gasteiger partial charge in [-0.15, -0.1) is 0 Å². The Morgan fingerprint density at radius 2 is 1.31 bits per heavy atom. The molecule has 208 valence electrons. The van der Waals surface area contributed by atoms with Crippen LogP contribution in [0.2, 0.25) is 5.02 Å². The molecule has 1 aromatic carbocycles. The smallest absolute Gasteiger partial charge is 0.0435 e. The van der Waals surface area contributed by atoms with E-state index >= 15 is 0 Å². The monoisotopic (exact) mass is 509 g/mol. The molecule has 1 aliphatic heterocycles. The third kappa shape index (κ3) is 42.8. The largest absolute Gasteiger partial charge is 0.362 e. The van der Waals surface area contributed by atoms with Crippen molar-refractivity contribution in [3.8, 4) is 0 Å². The van der Waals surface area contributed by atoms with Gasteiger partial charge in [0.25, 0.3) is 0 Å². The molecular weight excluding hydrogens is 446 g/mol. The van der Waals surface area contributed by atoms with Gasteiger partial charge in [0.2, 0.25) is 0 Å². The van der Waals surface area contributed by atoms with Gasteiger partial charge in [0.05, 0.1) is 0 Å². The average molecular weight is 510 g/mol. The molecule has 0 amide bonds. The van der Waals surface area contributed by atoms with Gasteiger partial charge in [-0.05, 0) is 62.1 Å². The number of nitrogens with one attached hydrogen (secondary N) is 1. The van der Waals surface area contributed by atoms with E-state index in [-0.39, 0.29) is 0 Å². The third-order valence-corrected chi connectivity index (χ3v) is 3.75. The highest BCUT2D eigenvalue weighted by molar-refractivity contribution is 6.31. The van der Waals surface area contributed by atoms with Crippen LogP contribution in [0.3, 0.4) is 0 Å². The number of benzene rings is 1. The lowest BCUT2D eigenvalue weighted by Gasteiger charge is -2.04. The molecule has 0 unspecified atom stereocenters. The van der Waals surface area contributed by atoms with E-state index < -0.39 is 0 Å². The number of unbranched alkanes of at least 4 members (excludes halogenated alkanes) is 1. The van der Waals surface area contributed by atoms with Crippen molar-refractivity contribution in [2.45, 2.75) is 130 Å². The molecule has 0 aliphatic carbocycles. The summed E-state index contributed by atoms with van der Waals surface area (Å²) in [5.74, 6) is 0. The summed E-state index contributed by atoms with van der Waals surface area (Å²) in [6.07, 6.45) is 15.0. The maximum absolute atomic E-state index is 5.90. The average Bonchev–Trinajstić information content (AvgIpc) is 2.90. The van der Waals surface area contributed by atoms with Crippen LogP contribution in [0, 0.1) is 6.92 Å². The van der Waals surface area contributed by atoms with E-state index in [2.05, 4.69) is 63.9 Å². The zero-order valence-corrected chi connectivity index (χ0v) is 27.3. The molecule has 2 heteroatoms. The Hall–Kier alpha value is -1.73. The molecule has 35 heavy (non-hydrogen) atoms. The first kappa shape index (κ1) is 46.6. The van der Waals surface area contributed by atoms with Crippen LogP contribution in [0.15, 0.2) is 66.6 Å². The highest BCUT2D eigenvalue weighted by atomic mass is 35.5. The number of allylic oxidation sites excluding steroid dienone is 5. The van der Waals surface area contributed by atoms with Gasteiger partial charge < -0.3 is 5.32 Å².